The van der Waals surface area contributed by atoms with Crippen LogP contribution in [0, 0.1) is 5.82 Å². The lowest BCUT2D eigenvalue weighted by molar-refractivity contribution is 0.0694. The molecule has 0 saturated carbocycles. The molecule has 0 aliphatic carbocycles. The van der Waals surface area contributed by atoms with Crippen molar-refractivity contribution in [1.82, 2.24) is 0 Å². The monoisotopic (exact) mass is 334 g/mol. The van der Waals surface area contributed by atoms with Gasteiger partial charge < -0.3 is 20.2 Å². The van der Waals surface area contributed by atoms with Gasteiger partial charge in [0.25, 0.3) is 5.91 Å². The zero-order valence-electron chi connectivity index (χ0n) is 13.6. The summed E-state index contributed by atoms with van der Waals surface area (Å²) in [4.78, 5) is 23.5. The number of hydrogen-bond donors (Lipinski definition) is 3. The number of halogens is 1. The van der Waals surface area contributed by atoms with E-state index >= 15 is 0 Å². The molecule has 1 aromatic carbocycles. The lowest BCUT2D eigenvalue weighted by Gasteiger charge is -2.15. The number of amides is 1. The normalized spacial score (nSPS) is 10.7. The van der Waals surface area contributed by atoms with Crippen molar-refractivity contribution in [3.63, 3.8) is 0 Å². The number of benzene rings is 1. The van der Waals surface area contributed by atoms with Gasteiger partial charge in [-0.15, -0.1) is 0 Å². The van der Waals surface area contributed by atoms with Gasteiger partial charge in [-0.3, -0.25) is 4.79 Å². The van der Waals surface area contributed by atoms with Gasteiger partial charge in [0.1, 0.15) is 17.1 Å². The smallest absolute Gasteiger partial charge is 0.339 e. The van der Waals surface area contributed by atoms with E-state index in [9.17, 15) is 14.0 Å². The molecule has 1 aromatic heterocycles. The number of aryl methyl sites for hydroxylation is 1. The highest BCUT2D eigenvalue weighted by Gasteiger charge is 2.21. The highest BCUT2D eigenvalue weighted by Crippen LogP contribution is 2.25. The van der Waals surface area contributed by atoms with Crippen LogP contribution in [0.2, 0.25) is 0 Å². The summed E-state index contributed by atoms with van der Waals surface area (Å²) in [7, 11) is 0. The van der Waals surface area contributed by atoms with Crippen LogP contribution in [0.4, 0.5) is 15.8 Å². The van der Waals surface area contributed by atoms with Crippen molar-refractivity contribution in [2.24, 2.45) is 0 Å². The summed E-state index contributed by atoms with van der Waals surface area (Å²) < 4.78 is 18.8. The molecule has 128 valence electrons. The van der Waals surface area contributed by atoms with Gasteiger partial charge in [-0.2, -0.15) is 0 Å². The average molecular weight is 334 g/mol. The molecule has 0 unspecified atom stereocenters. The van der Waals surface area contributed by atoms with Gasteiger partial charge in [0.05, 0.1) is 11.4 Å². The molecule has 2 rings (SSSR count). The topological polar surface area (TPSA) is 91.6 Å². The van der Waals surface area contributed by atoms with Gasteiger partial charge in [-0.05, 0) is 32.0 Å². The number of nitrogens with one attached hydrogen (secondary N) is 2. The predicted octanol–water partition coefficient (Wildman–Crippen LogP) is 3.75. The highest BCUT2D eigenvalue weighted by atomic mass is 19.1. The number of carbonyl (C=O) groups is 2. The van der Waals surface area contributed by atoms with Gasteiger partial charge in [-0.25, -0.2) is 9.18 Å². The minimum atomic E-state index is -1.16. The maximum Gasteiger partial charge on any atom is 0.339 e. The quantitative estimate of drug-likeness (QED) is 0.748. The molecule has 0 bridgehead atoms. The maximum absolute atomic E-state index is 13.5. The van der Waals surface area contributed by atoms with E-state index in [0.717, 1.165) is 0 Å². The standard InChI is InChI=1S/C17H19FN2O4/c1-4-14-11(17(22)23)8-15(24-14)16(21)20-13-7-10(18)5-6-12(13)19-9(2)3/h5-9,19H,4H2,1-3H3,(H,20,21)(H,22,23). The van der Waals surface area contributed by atoms with Crippen LogP contribution in [0.25, 0.3) is 0 Å². The molecule has 0 spiro atoms. The molecular weight excluding hydrogens is 315 g/mol. The van der Waals surface area contributed by atoms with Crippen molar-refractivity contribution >= 4 is 23.3 Å². The number of carbonyl (C=O) groups excluding carboxylic acids is 1. The third-order valence-electron chi connectivity index (χ3n) is 3.26. The molecule has 24 heavy (non-hydrogen) atoms. The molecule has 7 heteroatoms. The number of hydrogen-bond acceptors (Lipinski definition) is 4. The Morgan fingerprint density at radius 2 is 1.96 bits per heavy atom. The molecule has 6 nitrogen and oxygen atoms in total. The van der Waals surface area contributed by atoms with E-state index in [2.05, 4.69) is 10.6 Å². The molecule has 1 heterocycles. The number of anilines is 2. The minimum Gasteiger partial charge on any atom is -0.478 e. The molecule has 2 aromatic rings. The van der Waals surface area contributed by atoms with Crippen molar-refractivity contribution in [2.75, 3.05) is 10.6 Å². The summed E-state index contributed by atoms with van der Waals surface area (Å²) in [5.74, 6) is -2.23. The van der Waals surface area contributed by atoms with E-state index < -0.39 is 17.7 Å². The van der Waals surface area contributed by atoms with Gasteiger partial charge in [0.15, 0.2) is 5.76 Å². The van der Waals surface area contributed by atoms with E-state index in [0.29, 0.717) is 12.1 Å². The Bertz CT molecular complexity index is 768. The van der Waals surface area contributed by atoms with Crippen LogP contribution in [-0.4, -0.2) is 23.0 Å². The first kappa shape index (κ1) is 17.5. The fourth-order valence-corrected chi connectivity index (χ4v) is 2.22. The number of aromatic carboxylic acids is 1. The fourth-order valence-electron chi connectivity index (χ4n) is 2.22. The number of carboxylic acid groups (broad SMARTS) is 1. The lowest BCUT2D eigenvalue weighted by Crippen LogP contribution is -2.16. The fraction of sp³-hybridized carbons (Fsp3) is 0.294. The van der Waals surface area contributed by atoms with E-state index in [1.165, 1.54) is 24.3 Å². The first-order chi connectivity index (χ1) is 11.3. The molecular formula is C17H19FN2O4. The van der Waals surface area contributed by atoms with Crippen LogP contribution in [0.3, 0.4) is 0 Å². The third kappa shape index (κ3) is 3.92. The van der Waals surface area contributed by atoms with Gasteiger partial charge in [-0.1, -0.05) is 6.92 Å². The predicted molar refractivity (Wildman–Crippen MR) is 88.2 cm³/mol. The van der Waals surface area contributed by atoms with Crippen molar-refractivity contribution in [3.05, 3.63) is 47.2 Å². The van der Waals surface area contributed by atoms with Crippen LogP contribution in [0.1, 0.15) is 47.4 Å². The van der Waals surface area contributed by atoms with Crippen LogP contribution in [0.15, 0.2) is 28.7 Å². The molecule has 0 aliphatic heterocycles. The molecule has 0 saturated heterocycles. The van der Waals surface area contributed by atoms with Crippen molar-refractivity contribution in [1.29, 1.82) is 0 Å². The lowest BCUT2D eigenvalue weighted by atomic mass is 10.2. The van der Waals surface area contributed by atoms with E-state index in [4.69, 9.17) is 9.52 Å². The SMILES string of the molecule is CCc1oc(C(=O)Nc2cc(F)ccc2NC(C)C)cc1C(=O)O. The number of rotatable bonds is 6. The zero-order chi connectivity index (χ0) is 17.9. The third-order valence-corrected chi connectivity index (χ3v) is 3.26. The summed E-state index contributed by atoms with van der Waals surface area (Å²) in [5.41, 5.74) is 0.753. The zero-order valence-corrected chi connectivity index (χ0v) is 13.6. The second-order valence-corrected chi connectivity index (χ2v) is 5.55. The van der Waals surface area contributed by atoms with Gasteiger partial charge in [0.2, 0.25) is 0 Å². The van der Waals surface area contributed by atoms with E-state index in [1.807, 2.05) is 13.8 Å². The molecule has 0 aliphatic rings. The Morgan fingerprint density at radius 3 is 2.50 bits per heavy atom. The minimum absolute atomic E-state index is 0.0533. The van der Waals surface area contributed by atoms with Crippen LogP contribution >= 0.6 is 0 Å². The number of carboxylic acids is 1. The summed E-state index contributed by atoms with van der Waals surface area (Å²) in [6, 6.07) is 5.24. The summed E-state index contributed by atoms with van der Waals surface area (Å²) in [6.07, 6.45) is 0.342. The van der Waals surface area contributed by atoms with Crippen molar-refractivity contribution in [2.45, 2.75) is 33.2 Å². The van der Waals surface area contributed by atoms with Gasteiger partial charge in [0, 0.05) is 18.5 Å². The number of furan rings is 1. The summed E-state index contributed by atoms with van der Waals surface area (Å²) in [5, 5.41) is 14.8. The second-order valence-electron chi connectivity index (χ2n) is 5.55. The Hall–Kier alpha value is -2.83. The van der Waals surface area contributed by atoms with Crippen molar-refractivity contribution < 1.29 is 23.5 Å². The van der Waals surface area contributed by atoms with Crippen LogP contribution in [0.5, 0.6) is 0 Å². The first-order valence-electron chi connectivity index (χ1n) is 7.55. The van der Waals surface area contributed by atoms with Crippen LogP contribution < -0.4 is 10.6 Å². The van der Waals surface area contributed by atoms with Crippen LogP contribution in [-0.2, 0) is 6.42 Å². The maximum atomic E-state index is 13.5. The molecule has 0 radical (unpaired) electrons. The molecule has 0 fully saturated rings. The molecule has 0 atom stereocenters. The van der Waals surface area contributed by atoms with E-state index in [-0.39, 0.29) is 28.8 Å². The Morgan fingerprint density at radius 1 is 1.25 bits per heavy atom. The summed E-state index contributed by atoms with van der Waals surface area (Å²) in [6.45, 7) is 5.55. The van der Waals surface area contributed by atoms with Gasteiger partial charge >= 0.3 is 5.97 Å². The second kappa shape index (κ2) is 7.16. The Labute approximate surface area is 138 Å². The van der Waals surface area contributed by atoms with E-state index in [1.54, 1.807) is 6.92 Å². The molecule has 1 amide bonds. The largest absolute Gasteiger partial charge is 0.478 e. The molecule has 3 N–H and O–H groups in total. The van der Waals surface area contributed by atoms with Crippen molar-refractivity contribution in [3.8, 4) is 0 Å². The average Bonchev–Trinajstić information content (AvgIpc) is 2.94. The highest BCUT2D eigenvalue weighted by molar-refractivity contribution is 6.05. The summed E-state index contributed by atoms with van der Waals surface area (Å²) >= 11 is 0. The first-order valence-corrected chi connectivity index (χ1v) is 7.55. The Kier molecular flexibility index (Phi) is 5.23. The Balaban J connectivity index is 2.30.